The predicted octanol–water partition coefficient (Wildman–Crippen LogP) is 15.3. The summed E-state index contributed by atoms with van der Waals surface area (Å²) in [6.45, 7) is 14.2. The monoisotopic (exact) mass is 1880 g/mol. The van der Waals surface area contributed by atoms with Crippen molar-refractivity contribution in [2.45, 2.75) is 142 Å². The molecule has 3 atom stereocenters. The molecule has 2 amide bonds. The summed E-state index contributed by atoms with van der Waals surface area (Å²) >= 11 is 38.9. The molecule has 24 nitrogen and oxygen atoms in total. The highest BCUT2D eigenvalue weighted by molar-refractivity contribution is 7.91. The first-order chi connectivity index (χ1) is 59.3. The van der Waals surface area contributed by atoms with Gasteiger partial charge in [0.1, 0.15) is 5.78 Å². The second-order valence-corrected chi connectivity index (χ2v) is 40.2. The summed E-state index contributed by atoms with van der Waals surface area (Å²) in [5, 5.41) is 9.28. The summed E-state index contributed by atoms with van der Waals surface area (Å²) in [5.41, 5.74) is 8.70. The van der Waals surface area contributed by atoms with Crippen molar-refractivity contribution < 1.29 is 77.5 Å². The van der Waals surface area contributed by atoms with E-state index < -0.39 is 29.7 Å². The highest BCUT2D eigenvalue weighted by Crippen LogP contribution is 2.43. The average Bonchev–Trinajstić information content (AvgIpc) is 0.781. The van der Waals surface area contributed by atoms with Crippen LogP contribution in [0.5, 0.6) is 0 Å². The molecule has 33 heteroatoms. The number of ether oxygens (including phenoxy) is 9. The second-order valence-electron chi connectivity index (χ2n) is 31.7. The Hall–Kier alpha value is -4.71. The Morgan fingerprint density at radius 2 is 0.699 bits per heavy atom. The first-order valence-corrected chi connectivity index (χ1v) is 50.1. The van der Waals surface area contributed by atoms with Crippen LogP contribution in [0.4, 0.5) is 4.79 Å². The molecule has 3 aliphatic rings. The molecular weight excluding hydrogens is 1760 g/mol. The van der Waals surface area contributed by atoms with Crippen LogP contribution in [0, 0.1) is 0 Å². The standard InChI is InChI=1S/C90H125Cl6N7O17S3/c1-100-62-81(78-56-71(91)59-87(94)84(78)65-100)68-19-12-24-75(53-68)121(106,107)51-17-35-114-41-47-118-45-39-112-33-11-7-5-4-6-9-30-103(31-10-8-22-74(104)23-15-34-113-40-46-119-48-42-115-36-18-52-122(108,109)76-25-13-20-69(54-76)82-63-101(2)66-85-79(82)57-72(92)60-88(85)95)32-16-27-97-90(105)98-28-37-116-43-49-120-50-44-117-38-29-99-123(110,111)77-26-14-21-70(55-77)83-64-102(3)67-86-80(83)58-73(93)61-89(86)96/h12-14,19-21,24-26,53-61,81-83,99H,4-11,15-18,22-23,27-52,62-67H2,1-3H3,(H2,97,98,105)/t81-,82-,83-/m0/s1. The Morgan fingerprint density at radius 3 is 1.14 bits per heavy atom. The van der Waals surface area contributed by atoms with E-state index in [1.807, 2.05) is 57.5 Å². The number of halogens is 6. The third kappa shape index (κ3) is 35.6. The minimum atomic E-state index is -3.81. The third-order valence-electron chi connectivity index (χ3n) is 21.9. The number of urea groups is 1. The number of ketones is 1. The van der Waals surface area contributed by atoms with E-state index in [1.165, 1.54) is 0 Å². The van der Waals surface area contributed by atoms with E-state index in [-0.39, 0.29) is 77.2 Å². The molecule has 0 unspecified atom stereocenters. The number of sulfone groups is 2. The molecule has 123 heavy (non-hydrogen) atoms. The number of rotatable bonds is 61. The molecular formula is C90H125Cl6N7O17S3. The third-order valence-corrected chi connectivity index (χ3v) is 28.6. The van der Waals surface area contributed by atoms with Crippen molar-refractivity contribution in [1.29, 1.82) is 0 Å². The number of hydrogen-bond acceptors (Lipinski definition) is 21. The van der Waals surface area contributed by atoms with Crippen molar-refractivity contribution in [1.82, 2.24) is 35.0 Å². The van der Waals surface area contributed by atoms with E-state index >= 15 is 0 Å². The van der Waals surface area contributed by atoms with Gasteiger partial charge in [-0.05, 0) is 215 Å². The molecule has 0 aromatic heterocycles. The van der Waals surface area contributed by atoms with Crippen LogP contribution in [0.15, 0.2) is 124 Å². The van der Waals surface area contributed by atoms with Crippen molar-refractivity contribution in [2.24, 2.45) is 0 Å². The zero-order chi connectivity index (χ0) is 87.8. The molecule has 682 valence electrons. The van der Waals surface area contributed by atoms with Crippen LogP contribution in [0.1, 0.15) is 158 Å². The van der Waals surface area contributed by atoms with Gasteiger partial charge in [-0.25, -0.2) is 34.8 Å². The van der Waals surface area contributed by atoms with Gasteiger partial charge >= 0.3 is 6.03 Å². The van der Waals surface area contributed by atoms with Gasteiger partial charge in [-0.2, -0.15) is 0 Å². The molecule has 0 saturated heterocycles. The molecule has 0 spiro atoms. The summed E-state index contributed by atoms with van der Waals surface area (Å²) in [4.78, 5) is 35.3. The molecule has 9 rings (SSSR count). The lowest BCUT2D eigenvalue weighted by atomic mass is 9.85. The molecule has 3 heterocycles. The normalized spacial score (nSPS) is 16.0. The zero-order valence-electron chi connectivity index (χ0n) is 71.4. The number of likely N-dealkylation sites (N-methyl/N-ethyl adjacent to an activating group) is 3. The van der Waals surface area contributed by atoms with Crippen LogP contribution >= 0.6 is 69.6 Å². The molecule has 3 N–H and O–H groups in total. The lowest BCUT2D eigenvalue weighted by molar-refractivity contribution is -0.119. The van der Waals surface area contributed by atoms with E-state index in [0.29, 0.717) is 219 Å². The molecule has 0 aliphatic carbocycles. The van der Waals surface area contributed by atoms with Crippen LogP contribution in [-0.2, 0) is 96.8 Å². The molecule has 6 aromatic rings. The summed E-state index contributed by atoms with van der Waals surface area (Å²) in [5.74, 6) is -0.0954. The highest BCUT2D eigenvalue weighted by atomic mass is 35.5. The number of carbonyl (C=O) groups is 2. The van der Waals surface area contributed by atoms with Gasteiger partial charge in [-0.1, -0.05) is 132 Å². The average molecular weight is 1890 g/mol. The van der Waals surface area contributed by atoms with Gasteiger partial charge in [-0.15, -0.1) is 0 Å². The number of amides is 2. The lowest BCUT2D eigenvalue weighted by Gasteiger charge is -2.33. The molecule has 6 aromatic carbocycles. The predicted molar refractivity (Wildman–Crippen MR) is 487 cm³/mol. The minimum Gasteiger partial charge on any atom is -0.379 e. The first kappa shape index (κ1) is 102. The fourth-order valence-electron chi connectivity index (χ4n) is 15.6. The van der Waals surface area contributed by atoms with Gasteiger partial charge in [0.15, 0.2) is 19.7 Å². The van der Waals surface area contributed by atoms with Crippen LogP contribution in [-0.4, -0.2) is 267 Å². The first-order valence-electron chi connectivity index (χ1n) is 43.0. The number of hydrogen-bond donors (Lipinski definition) is 3. The Kier molecular flexibility index (Phi) is 45.4. The largest absolute Gasteiger partial charge is 0.379 e. The molecule has 0 saturated carbocycles. The fourth-order valence-corrected chi connectivity index (χ4v) is 21.0. The van der Waals surface area contributed by atoms with E-state index in [1.54, 1.807) is 72.8 Å². The second kappa shape index (κ2) is 54.7. The number of nitrogens with one attached hydrogen (secondary N) is 3. The van der Waals surface area contributed by atoms with Gasteiger partial charge in [0.2, 0.25) is 10.0 Å². The van der Waals surface area contributed by atoms with Crippen LogP contribution < -0.4 is 15.4 Å². The maximum absolute atomic E-state index is 13.4. The van der Waals surface area contributed by atoms with Crippen molar-refractivity contribution in [2.75, 3.05) is 210 Å². The van der Waals surface area contributed by atoms with Crippen molar-refractivity contribution in [3.63, 3.8) is 0 Å². The van der Waals surface area contributed by atoms with E-state index in [4.69, 9.17) is 112 Å². The number of carbonyl (C=O) groups excluding carboxylic acids is 2. The quantitative estimate of drug-likeness (QED) is 0.0299. The zero-order valence-corrected chi connectivity index (χ0v) is 78.4. The fraction of sp³-hybridized carbons (Fsp3) is 0.578. The summed E-state index contributed by atoms with van der Waals surface area (Å²) < 4.78 is 134. The van der Waals surface area contributed by atoms with Crippen molar-refractivity contribution in [3.05, 3.63) is 189 Å². The molecule has 0 radical (unpaired) electrons. The Morgan fingerprint density at radius 1 is 0.366 bits per heavy atom. The summed E-state index contributed by atoms with van der Waals surface area (Å²) in [6.07, 6.45) is 11.1. The topological polar surface area (TPSA) is 269 Å². The number of nitrogens with zero attached hydrogens (tertiary/aromatic N) is 4. The highest BCUT2D eigenvalue weighted by Gasteiger charge is 2.32. The Bertz CT molecular complexity index is 4410. The number of sulfonamides is 1. The van der Waals surface area contributed by atoms with E-state index in [9.17, 15) is 34.8 Å². The summed E-state index contributed by atoms with van der Waals surface area (Å²) in [7, 11) is -4.85. The van der Waals surface area contributed by atoms with Gasteiger partial charge < -0.3 is 72.9 Å². The van der Waals surface area contributed by atoms with Gasteiger partial charge in [0, 0.05) is 146 Å². The molecule has 0 fully saturated rings. The summed E-state index contributed by atoms with van der Waals surface area (Å²) in [6, 6.07) is 32.0. The van der Waals surface area contributed by atoms with Crippen molar-refractivity contribution in [3.8, 4) is 0 Å². The number of unbranched alkanes of at least 4 members (excludes halogenated alkanes) is 6. The SMILES string of the molecule is CN1Cc2c(Cl)cc(Cl)cc2[C@H](c2cccc(S(=O)(=O)CCCOCCOCCOCCCCCCCCN(CCCCC(=O)CCCOCCOCCOCCCS(=O)(=O)c3cccc([C@@H]4CN(C)Cc5c(Cl)cc(Cl)cc54)c3)CCCNC(=O)NCCOCCOCCOCCNS(=O)(=O)c3cccc([C@@H]4CN(C)Cc5c(Cl)cc(Cl)cc54)c3)c2)C1. The smallest absolute Gasteiger partial charge is 0.314 e. The Labute approximate surface area is 759 Å². The van der Waals surface area contributed by atoms with Crippen LogP contribution in [0.2, 0.25) is 30.1 Å². The van der Waals surface area contributed by atoms with E-state index in [0.717, 1.165) is 127 Å². The van der Waals surface area contributed by atoms with Crippen LogP contribution in [0.25, 0.3) is 0 Å². The maximum Gasteiger partial charge on any atom is 0.314 e. The Balaban J connectivity index is 0.577. The molecule has 3 aliphatic heterocycles. The number of fused-ring (bicyclic) bond motifs is 3. The lowest BCUT2D eigenvalue weighted by Crippen LogP contribution is -2.39. The van der Waals surface area contributed by atoms with Gasteiger partial charge in [-0.3, -0.25) is 4.79 Å². The van der Waals surface area contributed by atoms with Crippen molar-refractivity contribution >= 4 is 111 Å². The van der Waals surface area contributed by atoms with E-state index in [2.05, 4.69) is 35.0 Å². The van der Waals surface area contributed by atoms with Gasteiger partial charge in [0.05, 0.1) is 119 Å². The number of Topliss-reactive ketones (excluding diaryl/α,β-unsaturated/α-hetero) is 1. The van der Waals surface area contributed by atoms with Gasteiger partial charge in [0.25, 0.3) is 0 Å². The number of benzene rings is 6. The molecule has 0 bridgehead atoms. The maximum atomic E-state index is 13.4. The minimum absolute atomic E-state index is 0.0287. The van der Waals surface area contributed by atoms with Crippen LogP contribution in [0.3, 0.4) is 0 Å².